The minimum atomic E-state index is -3.47. The van der Waals surface area contributed by atoms with Crippen molar-refractivity contribution >= 4 is 33.2 Å². The lowest BCUT2D eigenvalue weighted by atomic mass is 10.1. The Bertz CT molecular complexity index is 910. The molecule has 0 saturated heterocycles. The molecule has 28 heavy (non-hydrogen) atoms. The van der Waals surface area contributed by atoms with E-state index in [1.165, 1.54) is 11.4 Å². The Labute approximate surface area is 171 Å². The SMILES string of the molecule is CCN(CC)S(=O)(=O)c1ccc(CCC(=O)Nc2ccc(OC)c(Cl)c2)cc1. The van der Waals surface area contributed by atoms with Crippen LogP contribution in [0.3, 0.4) is 0 Å². The van der Waals surface area contributed by atoms with Crippen LogP contribution in [0.15, 0.2) is 47.4 Å². The molecule has 6 nitrogen and oxygen atoms in total. The van der Waals surface area contributed by atoms with E-state index in [9.17, 15) is 13.2 Å². The highest BCUT2D eigenvalue weighted by Crippen LogP contribution is 2.27. The molecule has 2 aromatic rings. The van der Waals surface area contributed by atoms with Crippen molar-refractivity contribution in [3.63, 3.8) is 0 Å². The highest BCUT2D eigenvalue weighted by Gasteiger charge is 2.21. The summed E-state index contributed by atoms with van der Waals surface area (Å²) in [5.74, 6) is 0.389. The molecular weight excluding hydrogens is 400 g/mol. The molecule has 0 aliphatic carbocycles. The average Bonchev–Trinajstić information content (AvgIpc) is 2.67. The van der Waals surface area contributed by atoms with Crippen LogP contribution in [-0.4, -0.2) is 38.8 Å². The molecule has 0 aromatic heterocycles. The lowest BCUT2D eigenvalue weighted by Gasteiger charge is -2.18. The second kappa shape index (κ2) is 9.91. The van der Waals surface area contributed by atoms with E-state index < -0.39 is 10.0 Å². The van der Waals surface area contributed by atoms with Crippen LogP contribution >= 0.6 is 11.6 Å². The minimum Gasteiger partial charge on any atom is -0.495 e. The van der Waals surface area contributed by atoms with Gasteiger partial charge in [-0.3, -0.25) is 4.79 Å². The van der Waals surface area contributed by atoms with Crippen molar-refractivity contribution < 1.29 is 17.9 Å². The maximum absolute atomic E-state index is 12.5. The molecule has 0 fully saturated rings. The van der Waals surface area contributed by atoms with Crippen LogP contribution in [-0.2, 0) is 21.2 Å². The molecule has 0 radical (unpaired) electrons. The maximum Gasteiger partial charge on any atom is 0.243 e. The fourth-order valence-electron chi connectivity index (χ4n) is 2.77. The van der Waals surface area contributed by atoms with Gasteiger partial charge in [0.25, 0.3) is 0 Å². The first kappa shape index (κ1) is 22.2. The molecule has 2 aromatic carbocycles. The van der Waals surface area contributed by atoms with Crippen molar-refractivity contribution in [2.75, 3.05) is 25.5 Å². The van der Waals surface area contributed by atoms with Gasteiger partial charge in [-0.25, -0.2) is 8.42 Å². The molecule has 0 aliphatic rings. The van der Waals surface area contributed by atoms with Crippen molar-refractivity contribution in [1.82, 2.24) is 4.31 Å². The van der Waals surface area contributed by atoms with Gasteiger partial charge in [0.05, 0.1) is 17.0 Å². The molecular formula is C20H25ClN2O4S. The van der Waals surface area contributed by atoms with Gasteiger partial charge in [-0.1, -0.05) is 37.6 Å². The van der Waals surface area contributed by atoms with Gasteiger partial charge in [-0.15, -0.1) is 0 Å². The van der Waals surface area contributed by atoms with E-state index in [0.29, 0.717) is 36.0 Å². The van der Waals surface area contributed by atoms with Gasteiger partial charge in [0, 0.05) is 25.2 Å². The van der Waals surface area contributed by atoms with Crippen LogP contribution in [0.2, 0.25) is 5.02 Å². The summed E-state index contributed by atoms with van der Waals surface area (Å²) in [6.45, 7) is 4.47. The van der Waals surface area contributed by atoms with Gasteiger partial charge >= 0.3 is 0 Å². The number of carbonyl (C=O) groups excluding carboxylic acids is 1. The van der Waals surface area contributed by atoms with E-state index in [1.807, 2.05) is 13.8 Å². The fraction of sp³-hybridized carbons (Fsp3) is 0.350. The standard InChI is InChI=1S/C20H25ClN2O4S/c1-4-23(5-2)28(25,26)17-10-6-15(7-11-17)8-13-20(24)22-16-9-12-19(27-3)18(21)14-16/h6-7,9-12,14H,4-5,8,13H2,1-3H3,(H,22,24). The molecule has 0 unspecified atom stereocenters. The van der Waals surface area contributed by atoms with Gasteiger partial charge in [-0.05, 0) is 42.3 Å². The zero-order chi connectivity index (χ0) is 20.7. The van der Waals surface area contributed by atoms with Crippen molar-refractivity contribution in [1.29, 1.82) is 0 Å². The van der Waals surface area contributed by atoms with Gasteiger partial charge < -0.3 is 10.1 Å². The Morgan fingerprint density at radius 1 is 1.11 bits per heavy atom. The van der Waals surface area contributed by atoms with Crippen LogP contribution in [0.5, 0.6) is 5.75 Å². The van der Waals surface area contributed by atoms with E-state index >= 15 is 0 Å². The average molecular weight is 425 g/mol. The number of hydrogen-bond donors (Lipinski definition) is 1. The molecule has 1 N–H and O–H groups in total. The third kappa shape index (κ3) is 5.47. The van der Waals surface area contributed by atoms with E-state index in [-0.39, 0.29) is 17.2 Å². The number of benzene rings is 2. The lowest BCUT2D eigenvalue weighted by molar-refractivity contribution is -0.116. The van der Waals surface area contributed by atoms with Crippen LogP contribution in [0.4, 0.5) is 5.69 Å². The largest absolute Gasteiger partial charge is 0.495 e. The number of nitrogens with zero attached hydrogens (tertiary/aromatic N) is 1. The molecule has 0 heterocycles. The number of amides is 1. The number of ether oxygens (including phenoxy) is 1. The van der Waals surface area contributed by atoms with Crippen LogP contribution in [0.25, 0.3) is 0 Å². The highest BCUT2D eigenvalue weighted by atomic mass is 35.5. The maximum atomic E-state index is 12.5. The van der Waals surface area contributed by atoms with Gasteiger partial charge in [0.15, 0.2) is 0 Å². The number of carbonyl (C=O) groups is 1. The summed E-state index contributed by atoms with van der Waals surface area (Å²) in [4.78, 5) is 12.4. The Balaban J connectivity index is 1.96. The molecule has 0 spiro atoms. The number of hydrogen-bond acceptors (Lipinski definition) is 4. The number of methoxy groups -OCH3 is 1. The van der Waals surface area contributed by atoms with Gasteiger partial charge in [-0.2, -0.15) is 4.31 Å². The topological polar surface area (TPSA) is 75.7 Å². The summed E-state index contributed by atoms with van der Waals surface area (Å²) in [7, 11) is -1.94. The van der Waals surface area contributed by atoms with Gasteiger partial charge in [0.2, 0.25) is 15.9 Å². The first-order valence-corrected chi connectivity index (χ1v) is 10.9. The fourth-order valence-corrected chi connectivity index (χ4v) is 4.48. The summed E-state index contributed by atoms with van der Waals surface area (Å²) in [6.07, 6.45) is 0.771. The molecule has 8 heteroatoms. The number of rotatable bonds is 9. The molecule has 0 atom stereocenters. The Hall–Kier alpha value is -2.09. The van der Waals surface area contributed by atoms with Crippen LogP contribution in [0.1, 0.15) is 25.8 Å². The normalized spacial score (nSPS) is 11.5. The zero-order valence-electron chi connectivity index (χ0n) is 16.2. The summed E-state index contributed by atoms with van der Waals surface area (Å²) < 4.78 is 31.5. The predicted molar refractivity (Wildman–Crippen MR) is 112 cm³/mol. The highest BCUT2D eigenvalue weighted by molar-refractivity contribution is 7.89. The second-order valence-electron chi connectivity index (χ2n) is 6.13. The summed E-state index contributed by atoms with van der Waals surface area (Å²) in [5, 5.41) is 3.21. The molecule has 0 saturated carbocycles. The van der Waals surface area contributed by atoms with E-state index in [2.05, 4.69) is 5.32 Å². The quantitative estimate of drug-likeness (QED) is 0.661. The predicted octanol–water partition coefficient (Wildman–Crippen LogP) is 3.95. The third-order valence-corrected chi connectivity index (χ3v) is 6.70. The number of nitrogens with one attached hydrogen (secondary N) is 1. The minimum absolute atomic E-state index is 0.152. The van der Waals surface area contributed by atoms with Crippen LogP contribution in [0, 0.1) is 0 Å². The molecule has 2 rings (SSSR count). The number of anilines is 1. The van der Waals surface area contributed by atoms with Crippen LogP contribution < -0.4 is 10.1 Å². The van der Waals surface area contributed by atoms with E-state index in [4.69, 9.17) is 16.3 Å². The summed E-state index contributed by atoms with van der Waals surface area (Å²) in [6, 6.07) is 11.7. The van der Waals surface area contributed by atoms with E-state index in [1.54, 1.807) is 42.5 Å². The first-order chi connectivity index (χ1) is 13.3. The Kier molecular flexibility index (Phi) is 7.86. The molecule has 0 bridgehead atoms. The van der Waals surface area contributed by atoms with Crippen molar-refractivity contribution in [3.05, 3.63) is 53.1 Å². The second-order valence-corrected chi connectivity index (χ2v) is 8.48. The summed E-state index contributed by atoms with van der Waals surface area (Å²) >= 11 is 6.05. The Morgan fingerprint density at radius 3 is 2.29 bits per heavy atom. The van der Waals surface area contributed by atoms with Crippen molar-refractivity contribution in [2.45, 2.75) is 31.6 Å². The zero-order valence-corrected chi connectivity index (χ0v) is 17.8. The summed E-state index contributed by atoms with van der Waals surface area (Å²) in [5.41, 5.74) is 1.48. The smallest absolute Gasteiger partial charge is 0.243 e. The monoisotopic (exact) mass is 424 g/mol. The van der Waals surface area contributed by atoms with E-state index in [0.717, 1.165) is 5.56 Å². The van der Waals surface area contributed by atoms with Gasteiger partial charge in [0.1, 0.15) is 5.75 Å². The number of halogens is 1. The first-order valence-electron chi connectivity index (χ1n) is 9.04. The molecule has 1 amide bonds. The Morgan fingerprint density at radius 2 is 1.75 bits per heavy atom. The lowest BCUT2D eigenvalue weighted by Crippen LogP contribution is -2.30. The molecule has 152 valence electrons. The third-order valence-electron chi connectivity index (χ3n) is 4.34. The number of sulfonamides is 1. The van der Waals surface area contributed by atoms with Crippen molar-refractivity contribution in [3.8, 4) is 5.75 Å². The van der Waals surface area contributed by atoms with Crippen molar-refractivity contribution in [2.24, 2.45) is 0 Å². The molecule has 0 aliphatic heterocycles. The number of aryl methyl sites for hydroxylation is 1.